The molecule has 2 rings (SSSR count). The maximum Gasteiger partial charge on any atom is 0.119 e. The van der Waals surface area contributed by atoms with Gasteiger partial charge >= 0.3 is 0 Å². The number of halogens is 1. The molecule has 0 atom stereocenters. The lowest BCUT2D eigenvalue weighted by molar-refractivity contribution is 0.414. The van der Waals surface area contributed by atoms with Crippen molar-refractivity contribution >= 4 is 15.9 Å². The van der Waals surface area contributed by atoms with Crippen molar-refractivity contribution in [1.82, 2.24) is 15.1 Å². The molecular weight excluding hydrogens is 294 g/mol. The maximum atomic E-state index is 5.21. The van der Waals surface area contributed by atoms with Crippen LogP contribution in [0.2, 0.25) is 0 Å². The zero-order chi connectivity index (χ0) is 12.8. The number of nitrogens with zero attached hydrogens (tertiary/aromatic N) is 2. The van der Waals surface area contributed by atoms with Crippen LogP contribution in [0.15, 0.2) is 41.1 Å². The summed E-state index contributed by atoms with van der Waals surface area (Å²) in [7, 11) is 1.68. The smallest absolute Gasteiger partial charge is 0.119 e. The van der Waals surface area contributed by atoms with Crippen LogP contribution in [-0.2, 0) is 13.1 Å². The van der Waals surface area contributed by atoms with E-state index in [1.165, 1.54) is 5.56 Å². The first-order chi connectivity index (χ1) is 8.79. The van der Waals surface area contributed by atoms with Crippen molar-refractivity contribution in [3.05, 3.63) is 46.7 Å². The highest BCUT2D eigenvalue weighted by molar-refractivity contribution is 9.10. The predicted octanol–water partition coefficient (Wildman–Crippen LogP) is 2.44. The number of hydrogen-bond acceptors (Lipinski definition) is 3. The molecule has 18 heavy (non-hydrogen) atoms. The van der Waals surface area contributed by atoms with Crippen molar-refractivity contribution in [2.24, 2.45) is 0 Å². The maximum absolute atomic E-state index is 5.21. The summed E-state index contributed by atoms with van der Waals surface area (Å²) < 4.78 is 8.22. The van der Waals surface area contributed by atoms with Gasteiger partial charge in [0.2, 0.25) is 0 Å². The van der Waals surface area contributed by atoms with Crippen molar-refractivity contribution in [3.63, 3.8) is 0 Å². The Morgan fingerprint density at radius 2 is 2.33 bits per heavy atom. The second kappa shape index (κ2) is 6.56. The highest BCUT2D eigenvalue weighted by atomic mass is 79.9. The van der Waals surface area contributed by atoms with Crippen molar-refractivity contribution < 1.29 is 4.74 Å². The van der Waals surface area contributed by atoms with Crippen LogP contribution in [-0.4, -0.2) is 23.4 Å². The average Bonchev–Trinajstić information content (AvgIpc) is 2.89. The third-order valence-corrected chi connectivity index (χ3v) is 3.42. The van der Waals surface area contributed by atoms with E-state index in [2.05, 4.69) is 26.3 Å². The fraction of sp³-hybridized carbons (Fsp3) is 0.308. The van der Waals surface area contributed by atoms with Gasteiger partial charge in [-0.05, 0) is 29.8 Å². The van der Waals surface area contributed by atoms with E-state index in [1.807, 2.05) is 35.1 Å². The Hall–Kier alpha value is -1.33. The molecule has 4 nitrogen and oxygen atoms in total. The minimum Gasteiger partial charge on any atom is -0.497 e. The topological polar surface area (TPSA) is 39.1 Å². The van der Waals surface area contributed by atoms with Crippen LogP contribution in [0.4, 0.5) is 0 Å². The fourth-order valence-corrected chi connectivity index (χ4v) is 2.05. The zero-order valence-electron chi connectivity index (χ0n) is 10.3. The number of benzene rings is 1. The highest BCUT2D eigenvalue weighted by Gasteiger charge is 2.01. The summed E-state index contributed by atoms with van der Waals surface area (Å²) in [4.78, 5) is 0. The molecular formula is C13H16BrN3O. The Morgan fingerprint density at radius 1 is 1.44 bits per heavy atom. The lowest BCUT2D eigenvalue weighted by Crippen LogP contribution is -2.19. The molecule has 0 aliphatic carbocycles. The van der Waals surface area contributed by atoms with Crippen LogP contribution in [0, 0.1) is 0 Å². The average molecular weight is 310 g/mol. The van der Waals surface area contributed by atoms with Crippen molar-refractivity contribution in [2.75, 3.05) is 13.7 Å². The van der Waals surface area contributed by atoms with Crippen LogP contribution in [0.5, 0.6) is 5.75 Å². The summed E-state index contributed by atoms with van der Waals surface area (Å²) in [6.07, 6.45) is 3.75. The number of aromatic nitrogens is 2. The van der Waals surface area contributed by atoms with Crippen LogP contribution >= 0.6 is 15.9 Å². The number of methoxy groups -OCH3 is 1. The Balaban J connectivity index is 1.82. The second-order valence-corrected chi connectivity index (χ2v) is 4.76. The molecule has 96 valence electrons. The minimum absolute atomic E-state index is 0.805. The van der Waals surface area contributed by atoms with Gasteiger partial charge in [-0.15, -0.1) is 0 Å². The van der Waals surface area contributed by atoms with E-state index in [4.69, 9.17) is 4.74 Å². The largest absolute Gasteiger partial charge is 0.497 e. The first kappa shape index (κ1) is 13.1. The van der Waals surface area contributed by atoms with Gasteiger partial charge < -0.3 is 10.1 Å². The van der Waals surface area contributed by atoms with Gasteiger partial charge in [-0.2, -0.15) is 5.10 Å². The van der Waals surface area contributed by atoms with E-state index in [0.29, 0.717) is 0 Å². The third-order valence-electron chi connectivity index (χ3n) is 2.65. The molecule has 1 heterocycles. The van der Waals surface area contributed by atoms with E-state index in [-0.39, 0.29) is 0 Å². The Kier molecular flexibility index (Phi) is 4.78. The van der Waals surface area contributed by atoms with Crippen LogP contribution in [0.3, 0.4) is 0 Å². The van der Waals surface area contributed by atoms with E-state index in [9.17, 15) is 0 Å². The van der Waals surface area contributed by atoms with Crippen molar-refractivity contribution in [3.8, 4) is 5.75 Å². The molecule has 5 heteroatoms. The molecule has 0 aliphatic heterocycles. The van der Waals surface area contributed by atoms with Gasteiger partial charge in [0.15, 0.2) is 0 Å². The summed E-state index contributed by atoms with van der Waals surface area (Å²) in [6, 6.07) is 7.91. The van der Waals surface area contributed by atoms with Gasteiger partial charge in [-0.1, -0.05) is 15.9 Å². The van der Waals surface area contributed by atoms with E-state index in [1.54, 1.807) is 13.3 Å². The number of ether oxygens (including phenoxy) is 1. The van der Waals surface area contributed by atoms with Gasteiger partial charge in [-0.3, -0.25) is 4.68 Å². The molecule has 0 unspecified atom stereocenters. The molecule has 0 spiro atoms. The number of nitrogens with one attached hydrogen (secondary N) is 1. The fourth-order valence-electron chi connectivity index (χ4n) is 1.66. The third kappa shape index (κ3) is 3.58. The Bertz CT molecular complexity index is 485. The monoisotopic (exact) mass is 309 g/mol. The van der Waals surface area contributed by atoms with E-state index in [0.717, 1.165) is 29.9 Å². The molecule has 0 radical (unpaired) electrons. The number of hydrogen-bond donors (Lipinski definition) is 1. The molecule has 1 aromatic heterocycles. The molecule has 0 fully saturated rings. The SMILES string of the molecule is COc1ccc(Br)c(CNCCn2cccn2)c1. The van der Waals surface area contributed by atoms with Gasteiger partial charge in [0.05, 0.1) is 13.7 Å². The number of rotatable bonds is 6. The molecule has 0 aliphatic rings. The molecule has 1 aromatic carbocycles. The quantitative estimate of drug-likeness (QED) is 0.833. The van der Waals surface area contributed by atoms with Crippen LogP contribution in [0.25, 0.3) is 0 Å². The Labute approximate surface area is 115 Å². The molecule has 0 amide bonds. The molecule has 0 saturated carbocycles. The highest BCUT2D eigenvalue weighted by Crippen LogP contribution is 2.22. The first-order valence-electron chi connectivity index (χ1n) is 5.80. The normalized spacial score (nSPS) is 10.6. The standard InChI is InChI=1S/C13H16BrN3O/c1-18-12-3-4-13(14)11(9-12)10-15-6-8-17-7-2-5-16-17/h2-5,7,9,15H,6,8,10H2,1H3. The summed E-state index contributed by atoms with van der Waals surface area (Å²) in [5, 5.41) is 7.54. The summed E-state index contributed by atoms with van der Waals surface area (Å²) in [5.74, 6) is 0.877. The van der Waals surface area contributed by atoms with Crippen molar-refractivity contribution in [2.45, 2.75) is 13.1 Å². The van der Waals surface area contributed by atoms with E-state index >= 15 is 0 Å². The lowest BCUT2D eigenvalue weighted by atomic mass is 10.2. The zero-order valence-corrected chi connectivity index (χ0v) is 11.9. The minimum atomic E-state index is 0.805. The predicted molar refractivity (Wildman–Crippen MR) is 74.6 cm³/mol. The van der Waals surface area contributed by atoms with Crippen molar-refractivity contribution in [1.29, 1.82) is 0 Å². The molecule has 1 N–H and O–H groups in total. The van der Waals surface area contributed by atoms with E-state index < -0.39 is 0 Å². The second-order valence-electron chi connectivity index (χ2n) is 3.90. The van der Waals surface area contributed by atoms with Gasteiger partial charge in [-0.25, -0.2) is 0 Å². The van der Waals surface area contributed by atoms with Crippen LogP contribution in [0.1, 0.15) is 5.56 Å². The lowest BCUT2D eigenvalue weighted by Gasteiger charge is -2.09. The summed E-state index contributed by atoms with van der Waals surface area (Å²) >= 11 is 3.54. The van der Waals surface area contributed by atoms with Crippen LogP contribution < -0.4 is 10.1 Å². The molecule has 0 bridgehead atoms. The Morgan fingerprint density at radius 3 is 3.06 bits per heavy atom. The molecule has 2 aromatic rings. The van der Waals surface area contributed by atoms with Gasteiger partial charge in [0, 0.05) is 30.0 Å². The van der Waals surface area contributed by atoms with Gasteiger partial charge in [0.1, 0.15) is 5.75 Å². The first-order valence-corrected chi connectivity index (χ1v) is 6.59. The molecule has 0 saturated heterocycles. The summed E-state index contributed by atoms with van der Waals surface area (Å²) in [5.41, 5.74) is 1.19. The van der Waals surface area contributed by atoms with Gasteiger partial charge in [0.25, 0.3) is 0 Å². The summed E-state index contributed by atoms with van der Waals surface area (Å²) in [6.45, 7) is 2.55.